The third-order valence-electron chi connectivity index (χ3n) is 2.53. The SMILES string of the molecule is Cc1cc(NC(=O)Cn2cc(Br)ccc2=O)n(C)n1. The lowest BCUT2D eigenvalue weighted by Crippen LogP contribution is -2.27. The number of anilines is 1. The summed E-state index contributed by atoms with van der Waals surface area (Å²) in [6.45, 7) is 1.80. The zero-order valence-corrected chi connectivity index (χ0v) is 12.1. The summed E-state index contributed by atoms with van der Waals surface area (Å²) in [6, 6.07) is 4.81. The lowest BCUT2D eigenvalue weighted by Gasteiger charge is -2.07. The Labute approximate surface area is 118 Å². The summed E-state index contributed by atoms with van der Waals surface area (Å²) in [5.41, 5.74) is 0.594. The number of nitrogens with one attached hydrogen (secondary N) is 1. The second-order valence-electron chi connectivity index (χ2n) is 4.16. The highest BCUT2D eigenvalue weighted by Crippen LogP contribution is 2.08. The number of aryl methyl sites for hydroxylation is 2. The highest BCUT2D eigenvalue weighted by Gasteiger charge is 2.08. The van der Waals surface area contributed by atoms with Gasteiger partial charge in [-0.05, 0) is 28.9 Å². The van der Waals surface area contributed by atoms with Gasteiger partial charge >= 0.3 is 0 Å². The summed E-state index contributed by atoms with van der Waals surface area (Å²) in [7, 11) is 1.74. The van der Waals surface area contributed by atoms with E-state index in [0.29, 0.717) is 5.82 Å². The van der Waals surface area contributed by atoms with Gasteiger partial charge in [-0.1, -0.05) is 0 Å². The van der Waals surface area contributed by atoms with Crippen LogP contribution in [0.25, 0.3) is 0 Å². The van der Waals surface area contributed by atoms with Crippen LogP contribution in [0.3, 0.4) is 0 Å². The molecule has 2 heterocycles. The van der Waals surface area contributed by atoms with E-state index >= 15 is 0 Å². The van der Waals surface area contributed by atoms with E-state index in [1.165, 1.54) is 10.6 Å². The summed E-state index contributed by atoms with van der Waals surface area (Å²) >= 11 is 3.26. The van der Waals surface area contributed by atoms with Crippen molar-refractivity contribution in [3.05, 3.63) is 44.9 Å². The molecule has 2 aromatic rings. The van der Waals surface area contributed by atoms with Crippen molar-refractivity contribution in [2.45, 2.75) is 13.5 Å². The predicted molar refractivity (Wildman–Crippen MR) is 75.0 cm³/mol. The van der Waals surface area contributed by atoms with Gasteiger partial charge in [-0.2, -0.15) is 5.10 Å². The van der Waals surface area contributed by atoms with Gasteiger partial charge in [-0.15, -0.1) is 0 Å². The fourth-order valence-electron chi connectivity index (χ4n) is 1.69. The van der Waals surface area contributed by atoms with E-state index < -0.39 is 0 Å². The third-order valence-corrected chi connectivity index (χ3v) is 3.00. The van der Waals surface area contributed by atoms with Crippen molar-refractivity contribution >= 4 is 27.7 Å². The van der Waals surface area contributed by atoms with Crippen LogP contribution in [0, 0.1) is 6.92 Å². The maximum atomic E-state index is 11.9. The molecule has 0 aliphatic carbocycles. The van der Waals surface area contributed by atoms with Crippen LogP contribution in [-0.2, 0) is 18.4 Å². The number of rotatable bonds is 3. The average molecular weight is 325 g/mol. The molecule has 2 rings (SSSR count). The first-order chi connectivity index (χ1) is 8.95. The van der Waals surface area contributed by atoms with Crippen molar-refractivity contribution in [2.75, 3.05) is 5.32 Å². The number of hydrogen-bond acceptors (Lipinski definition) is 3. The van der Waals surface area contributed by atoms with Gasteiger partial charge in [0.05, 0.1) is 5.69 Å². The Hall–Kier alpha value is -1.89. The molecule has 0 unspecified atom stereocenters. The molecule has 0 spiro atoms. The van der Waals surface area contributed by atoms with Gasteiger partial charge in [0.15, 0.2) is 0 Å². The molecular weight excluding hydrogens is 312 g/mol. The van der Waals surface area contributed by atoms with Gasteiger partial charge in [-0.25, -0.2) is 0 Å². The maximum absolute atomic E-state index is 11.9. The van der Waals surface area contributed by atoms with E-state index in [4.69, 9.17) is 0 Å². The zero-order valence-electron chi connectivity index (χ0n) is 10.6. The van der Waals surface area contributed by atoms with Crippen LogP contribution in [0.2, 0.25) is 0 Å². The number of amides is 1. The van der Waals surface area contributed by atoms with Gasteiger partial charge in [-0.3, -0.25) is 14.3 Å². The molecule has 1 amide bonds. The zero-order chi connectivity index (χ0) is 14.0. The number of carbonyl (C=O) groups excluding carboxylic acids is 1. The summed E-state index contributed by atoms with van der Waals surface area (Å²) < 4.78 is 3.66. The molecule has 0 atom stereocenters. The highest BCUT2D eigenvalue weighted by molar-refractivity contribution is 9.10. The van der Waals surface area contributed by atoms with Gasteiger partial charge in [0.2, 0.25) is 5.91 Å². The minimum atomic E-state index is -0.275. The van der Waals surface area contributed by atoms with E-state index in [0.717, 1.165) is 10.2 Å². The molecule has 100 valence electrons. The Morgan fingerprint density at radius 1 is 1.47 bits per heavy atom. The van der Waals surface area contributed by atoms with Crippen molar-refractivity contribution in [2.24, 2.45) is 7.05 Å². The summed E-state index contributed by atoms with van der Waals surface area (Å²) in [5.74, 6) is 0.328. The topological polar surface area (TPSA) is 68.9 Å². The molecular formula is C12H13BrN4O2. The van der Waals surface area contributed by atoms with Crippen molar-refractivity contribution in [1.29, 1.82) is 0 Å². The second-order valence-corrected chi connectivity index (χ2v) is 5.07. The van der Waals surface area contributed by atoms with Crippen LogP contribution >= 0.6 is 15.9 Å². The Kier molecular flexibility index (Phi) is 3.84. The van der Waals surface area contributed by atoms with Crippen LogP contribution in [0.1, 0.15) is 5.69 Å². The fraction of sp³-hybridized carbons (Fsp3) is 0.250. The lowest BCUT2D eigenvalue weighted by molar-refractivity contribution is -0.116. The van der Waals surface area contributed by atoms with E-state index in [1.807, 2.05) is 6.92 Å². The Balaban J connectivity index is 2.11. The normalized spacial score (nSPS) is 10.5. The first-order valence-corrected chi connectivity index (χ1v) is 6.41. The fourth-order valence-corrected chi connectivity index (χ4v) is 2.07. The van der Waals surface area contributed by atoms with E-state index in [1.54, 1.807) is 30.1 Å². The van der Waals surface area contributed by atoms with Crippen LogP contribution in [0.15, 0.2) is 33.7 Å². The van der Waals surface area contributed by atoms with E-state index in [-0.39, 0.29) is 18.0 Å². The predicted octanol–water partition coefficient (Wildman–Crippen LogP) is 1.29. The largest absolute Gasteiger partial charge is 0.309 e. The second kappa shape index (κ2) is 5.40. The smallest absolute Gasteiger partial charge is 0.251 e. The molecule has 6 nitrogen and oxygen atoms in total. The number of pyridine rings is 1. The Morgan fingerprint density at radius 3 is 2.84 bits per heavy atom. The minimum Gasteiger partial charge on any atom is -0.309 e. The maximum Gasteiger partial charge on any atom is 0.251 e. The van der Waals surface area contributed by atoms with Crippen molar-refractivity contribution in [3.8, 4) is 0 Å². The molecule has 1 N–H and O–H groups in total. The quantitative estimate of drug-likeness (QED) is 0.925. The Morgan fingerprint density at radius 2 is 2.21 bits per heavy atom. The molecule has 7 heteroatoms. The highest BCUT2D eigenvalue weighted by atomic mass is 79.9. The van der Waals surface area contributed by atoms with Crippen molar-refractivity contribution in [3.63, 3.8) is 0 Å². The van der Waals surface area contributed by atoms with Gasteiger partial charge < -0.3 is 9.88 Å². The van der Waals surface area contributed by atoms with Gasteiger partial charge in [0.1, 0.15) is 12.4 Å². The van der Waals surface area contributed by atoms with Crippen LogP contribution in [0.5, 0.6) is 0 Å². The van der Waals surface area contributed by atoms with Crippen LogP contribution in [0.4, 0.5) is 5.82 Å². The van der Waals surface area contributed by atoms with E-state index in [9.17, 15) is 9.59 Å². The number of nitrogens with zero attached hydrogens (tertiary/aromatic N) is 3. The van der Waals surface area contributed by atoms with E-state index in [2.05, 4.69) is 26.3 Å². The molecule has 0 saturated heterocycles. The van der Waals surface area contributed by atoms with Crippen LogP contribution in [-0.4, -0.2) is 20.3 Å². The average Bonchev–Trinajstić information content (AvgIpc) is 2.62. The van der Waals surface area contributed by atoms with Gasteiger partial charge in [0.25, 0.3) is 5.56 Å². The number of halogens is 1. The standard InChI is InChI=1S/C12H13BrN4O2/c1-8-5-10(16(2)15-8)14-11(18)7-17-6-9(13)3-4-12(17)19/h3-6H,7H2,1-2H3,(H,14,18). The van der Waals surface area contributed by atoms with Gasteiger partial charge in [0, 0.05) is 29.8 Å². The molecule has 0 aliphatic rings. The Bertz CT molecular complexity index is 675. The lowest BCUT2D eigenvalue weighted by atomic mass is 10.4. The molecule has 0 bridgehead atoms. The first kappa shape index (κ1) is 13.5. The third kappa shape index (κ3) is 3.31. The number of aromatic nitrogens is 3. The minimum absolute atomic E-state index is 0.0392. The molecule has 2 aromatic heterocycles. The molecule has 0 aromatic carbocycles. The summed E-state index contributed by atoms with van der Waals surface area (Å²) in [4.78, 5) is 23.5. The molecule has 0 radical (unpaired) electrons. The molecule has 0 saturated carbocycles. The molecule has 0 fully saturated rings. The van der Waals surface area contributed by atoms with Crippen LogP contribution < -0.4 is 10.9 Å². The summed E-state index contributed by atoms with van der Waals surface area (Å²) in [5, 5.41) is 6.84. The monoisotopic (exact) mass is 324 g/mol. The summed E-state index contributed by atoms with van der Waals surface area (Å²) in [6.07, 6.45) is 1.58. The number of hydrogen-bond donors (Lipinski definition) is 1. The van der Waals surface area contributed by atoms with Crippen molar-refractivity contribution < 1.29 is 4.79 Å². The first-order valence-electron chi connectivity index (χ1n) is 5.62. The number of carbonyl (C=O) groups is 1. The van der Waals surface area contributed by atoms with Crippen molar-refractivity contribution in [1.82, 2.24) is 14.3 Å². The molecule has 0 aliphatic heterocycles. The molecule has 19 heavy (non-hydrogen) atoms.